The number of alkyl halides is 3. The summed E-state index contributed by atoms with van der Waals surface area (Å²) in [5.74, 6) is -5.05. The van der Waals surface area contributed by atoms with E-state index in [0.29, 0.717) is 36.5 Å². The number of nitrogens with one attached hydrogen (secondary N) is 1. The maximum Gasteiger partial charge on any atom is 0.416 e. The molecule has 0 radical (unpaired) electrons. The van der Waals surface area contributed by atoms with E-state index in [-0.39, 0.29) is 33.7 Å². The second-order valence-corrected chi connectivity index (χ2v) is 13.6. The summed E-state index contributed by atoms with van der Waals surface area (Å²) in [6.45, 7) is 20.7. The Bertz CT molecular complexity index is 1590. The van der Waals surface area contributed by atoms with Crippen LogP contribution in [0, 0.1) is 57.0 Å². The van der Waals surface area contributed by atoms with Crippen molar-refractivity contribution in [1.82, 2.24) is 5.32 Å². The number of aryl methyl sites for hydroxylation is 3. The van der Waals surface area contributed by atoms with Gasteiger partial charge in [-0.1, -0.05) is 66.5 Å². The smallest absolute Gasteiger partial charge is 0.416 e. The largest absolute Gasteiger partial charge is 0.481 e. The number of carbonyl (C=O) groups excluding carboxylic acids is 2. The molecule has 0 spiro atoms. The average Bonchev–Trinajstić information content (AvgIpc) is 3.01. The second kappa shape index (κ2) is 22.2. The molecule has 11 heteroatoms. The number of benzene rings is 2. The zero-order valence-corrected chi connectivity index (χ0v) is 32.7. The third-order valence-corrected chi connectivity index (χ3v) is 8.03. The summed E-state index contributed by atoms with van der Waals surface area (Å²) < 4.78 is 83.7. The Balaban J connectivity index is 0.00000115. The van der Waals surface area contributed by atoms with Crippen molar-refractivity contribution in [3.63, 3.8) is 0 Å². The van der Waals surface area contributed by atoms with Crippen molar-refractivity contribution in [3.05, 3.63) is 80.7 Å². The second-order valence-electron chi connectivity index (χ2n) is 13.6. The number of allylic oxidation sites excluding steroid dienone is 4. The van der Waals surface area contributed by atoms with Crippen LogP contribution in [0.3, 0.4) is 0 Å². The first-order chi connectivity index (χ1) is 24.0. The number of halogens is 6. The maximum absolute atomic E-state index is 15.8. The maximum atomic E-state index is 15.8. The molecular weight excluding hydrogens is 684 g/mol. The normalized spacial score (nSPS) is 13.1. The molecule has 2 rings (SSSR count). The molecule has 0 fully saturated rings. The van der Waals surface area contributed by atoms with Gasteiger partial charge in [0.1, 0.15) is 17.5 Å². The van der Waals surface area contributed by atoms with Gasteiger partial charge in [-0.15, -0.1) is 0 Å². The molecule has 292 valence electrons. The van der Waals surface area contributed by atoms with Gasteiger partial charge in [0.2, 0.25) is 5.91 Å². The quantitative estimate of drug-likeness (QED) is 0.122. The summed E-state index contributed by atoms with van der Waals surface area (Å²) in [7, 11) is 0. The van der Waals surface area contributed by atoms with E-state index in [1.165, 1.54) is 32.4 Å². The van der Waals surface area contributed by atoms with Crippen LogP contribution in [0.15, 0.2) is 35.4 Å². The van der Waals surface area contributed by atoms with Gasteiger partial charge in [-0.05, 0) is 112 Å². The average molecular weight is 742 g/mol. The Labute approximate surface area is 306 Å². The number of ketones is 1. The van der Waals surface area contributed by atoms with Crippen LogP contribution in [0.5, 0.6) is 0 Å². The fourth-order valence-electron chi connectivity index (χ4n) is 5.75. The number of amides is 1. The molecule has 2 N–H and O–H groups in total. The van der Waals surface area contributed by atoms with Gasteiger partial charge in [0.05, 0.1) is 18.0 Å². The van der Waals surface area contributed by atoms with Crippen LogP contribution >= 0.6 is 0 Å². The molecule has 0 bridgehead atoms. The zero-order chi connectivity index (χ0) is 40.7. The van der Waals surface area contributed by atoms with E-state index in [9.17, 15) is 37.1 Å². The lowest BCUT2D eigenvalue weighted by Crippen LogP contribution is -2.35. The van der Waals surface area contributed by atoms with E-state index in [1.807, 2.05) is 20.8 Å². The summed E-state index contributed by atoms with van der Waals surface area (Å²) >= 11 is 0. The lowest BCUT2D eigenvalue weighted by molar-refractivity contribution is -0.138. The Morgan fingerprint density at radius 3 is 1.87 bits per heavy atom. The molecule has 2 atom stereocenters. The summed E-state index contributed by atoms with van der Waals surface area (Å²) in [4.78, 5) is 35.0. The number of hydrogen-bond acceptors (Lipinski definition) is 3. The van der Waals surface area contributed by atoms with E-state index >= 15 is 8.78 Å². The highest BCUT2D eigenvalue weighted by atomic mass is 19.4. The van der Waals surface area contributed by atoms with Crippen molar-refractivity contribution in [1.29, 1.82) is 0 Å². The highest BCUT2D eigenvalue weighted by molar-refractivity contribution is 5.89. The number of aliphatic carboxylic acids is 1. The Hall–Kier alpha value is -3.89. The van der Waals surface area contributed by atoms with E-state index in [2.05, 4.69) is 19.2 Å². The first kappa shape index (κ1) is 48.1. The molecule has 2 aromatic rings. The van der Waals surface area contributed by atoms with Gasteiger partial charge in [-0.25, -0.2) is 13.2 Å². The predicted molar refractivity (Wildman–Crippen MR) is 197 cm³/mol. The summed E-state index contributed by atoms with van der Waals surface area (Å²) in [5, 5.41) is 11.9. The molecule has 5 nitrogen and oxygen atoms in total. The third kappa shape index (κ3) is 14.6. The minimum absolute atomic E-state index is 0.0299. The molecule has 0 aliphatic carbocycles. The third-order valence-electron chi connectivity index (χ3n) is 8.03. The van der Waals surface area contributed by atoms with Gasteiger partial charge in [0.25, 0.3) is 0 Å². The van der Waals surface area contributed by atoms with Crippen molar-refractivity contribution in [3.8, 4) is 11.1 Å². The van der Waals surface area contributed by atoms with Gasteiger partial charge >= 0.3 is 12.1 Å². The van der Waals surface area contributed by atoms with Gasteiger partial charge in [0, 0.05) is 17.0 Å². The molecule has 0 saturated heterocycles. The number of hydrogen-bond donors (Lipinski definition) is 2. The SMILES string of the molecule is C/C=C(CCCC)\C(=C/C(C)=O)C(F)(F)F.CCC.Cc1cc(C)c(-c2cc(C)c(F)c([C@H](CC(=O)O)NC(=O)C(C)CC(C)C)c2F)c(C)c1F. The van der Waals surface area contributed by atoms with Crippen LogP contribution < -0.4 is 5.32 Å². The predicted octanol–water partition coefficient (Wildman–Crippen LogP) is 11.9. The topological polar surface area (TPSA) is 83.5 Å². The summed E-state index contributed by atoms with van der Waals surface area (Å²) in [6.07, 6.45) is 0.594. The molecule has 0 aliphatic rings. The van der Waals surface area contributed by atoms with Crippen molar-refractivity contribution in [2.45, 2.75) is 134 Å². The van der Waals surface area contributed by atoms with Gasteiger partial charge in [-0.3, -0.25) is 14.4 Å². The number of carboxylic acid groups (broad SMARTS) is 1. The van der Waals surface area contributed by atoms with Crippen molar-refractivity contribution in [2.75, 3.05) is 0 Å². The zero-order valence-electron chi connectivity index (χ0n) is 32.7. The molecule has 1 amide bonds. The molecule has 52 heavy (non-hydrogen) atoms. The van der Waals surface area contributed by atoms with Gasteiger partial charge in [-0.2, -0.15) is 13.2 Å². The minimum Gasteiger partial charge on any atom is -0.481 e. The van der Waals surface area contributed by atoms with Gasteiger partial charge in [0.15, 0.2) is 5.78 Å². The molecular formula is C41H57F6NO4. The number of carboxylic acids is 1. The van der Waals surface area contributed by atoms with Crippen molar-refractivity contribution >= 4 is 17.7 Å². The number of unbranched alkanes of at least 4 members (excludes halogenated alkanes) is 1. The Morgan fingerprint density at radius 1 is 0.885 bits per heavy atom. The van der Waals surface area contributed by atoms with E-state index in [1.54, 1.807) is 33.8 Å². The molecule has 0 aliphatic heterocycles. The first-order valence-corrected chi connectivity index (χ1v) is 17.7. The van der Waals surface area contributed by atoms with E-state index < -0.39 is 70.8 Å². The van der Waals surface area contributed by atoms with Gasteiger partial charge < -0.3 is 10.4 Å². The minimum atomic E-state index is -4.46. The monoisotopic (exact) mass is 741 g/mol. The molecule has 0 saturated carbocycles. The van der Waals surface area contributed by atoms with Crippen molar-refractivity contribution in [2.24, 2.45) is 11.8 Å². The van der Waals surface area contributed by atoms with Crippen LogP contribution in [-0.4, -0.2) is 28.9 Å². The summed E-state index contributed by atoms with van der Waals surface area (Å²) in [6, 6.07) is 1.46. The van der Waals surface area contributed by atoms with Crippen molar-refractivity contribution < 1.29 is 45.8 Å². The lowest BCUT2D eigenvalue weighted by atomic mass is 9.88. The highest BCUT2D eigenvalue weighted by Gasteiger charge is 2.35. The molecule has 2 aromatic carbocycles. The van der Waals surface area contributed by atoms with E-state index in [0.717, 1.165) is 13.3 Å². The Kier molecular flexibility index (Phi) is 20.6. The van der Waals surface area contributed by atoms with Crippen LogP contribution in [0.25, 0.3) is 11.1 Å². The van der Waals surface area contributed by atoms with Crippen LogP contribution in [0.1, 0.15) is 128 Å². The lowest BCUT2D eigenvalue weighted by Gasteiger charge is -2.24. The van der Waals surface area contributed by atoms with Crippen LogP contribution in [0.4, 0.5) is 26.3 Å². The molecule has 0 aromatic heterocycles. The fourth-order valence-corrected chi connectivity index (χ4v) is 5.75. The van der Waals surface area contributed by atoms with E-state index in [4.69, 9.17) is 0 Å². The standard InChI is InChI=1S/C26H32F3NO3.C12H17F3O.C3H8/c1-12(2)8-16(6)26(33)30-19(11-20(31)32)22-24(28)15(5)10-18(25(22)29)21-13(3)9-14(4)23(27)17(21)7;1-4-6-7-10(5-2)11(8-9(3)16)12(13,14)15;1-3-2/h9-10,12,16,19H,8,11H2,1-7H3,(H,30,33)(H,31,32);5,8H,4,6-7H2,1-3H3;3H2,1-2H3/b;10-5-,11-8+;/t16?,19-;;/m0../s1. The fraction of sp³-hybridized carbons (Fsp3) is 0.537. The summed E-state index contributed by atoms with van der Waals surface area (Å²) in [5.41, 5.74) is 0.410. The first-order valence-electron chi connectivity index (χ1n) is 17.7. The number of carbonyl (C=O) groups is 3. The van der Waals surface area contributed by atoms with Crippen LogP contribution in [-0.2, 0) is 14.4 Å². The Morgan fingerprint density at radius 2 is 1.42 bits per heavy atom. The van der Waals surface area contributed by atoms with Crippen LogP contribution in [0.2, 0.25) is 0 Å². The number of rotatable bonds is 13. The molecule has 1 unspecified atom stereocenters. The molecule has 0 heterocycles. The highest BCUT2D eigenvalue weighted by Crippen LogP contribution is 2.38.